The topological polar surface area (TPSA) is 35.9 Å². The van der Waals surface area contributed by atoms with Gasteiger partial charge in [0.1, 0.15) is 17.0 Å². The zero-order chi connectivity index (χ0) is 36.2. The molecule has 6 aromatic carbocycles. The number of furan rings is 1. The van der Waals surface area contributed by atoms with Crippen LogP contribution in [0.2, 0.25) is 0 Å². The molecule has 0 fully saturated rings. The lowest BCUT2D eigenvalue weighted by Crippen LogP contribution is -2.10. The summed E-state index contributed by atoms with van der Waals surface area (Å²) in [5, 5.41) is 7.15. The summed E-state index contributed by atoms with van der Waals surface area (Å²) in [6.07, 6.45) is 0. The van der Waals surface area contributed by atoms with E-state index >= 15 is 0 Å². The van der Waals surface area contributed by atoms with Crippen molar-refractivity contribution < 1.29 is 4.42 Å². The highest BCUT2D eigenvalue weighted by molar-refractivity contribution is 6.24. The van der Waals surface area contributed by atoms with Crippen LogP contribution in [-0.2, 0) is 10.8 Å². The molecule has 4 heterocycles. The van der Waals surface area contributed by atoms with Crippen molar-refractivity contribution in [1.82, 2.24) is 14.1 Å². The van der Waals surface area contributed by atoms with E-state index in [1.165, 1.54) is 43.7 Å². The SMILES string of the molecule is CC(C)(C)c1ccc2c(c1)c1ccc3c4cc(C(C)(C)C)ccc4n(-c4cccc(-c5ccc6oc7ccccc7c6c5)n4)c3c1n2-c1ccccc1. The molecule has 0 aliphatic heterocycles. The Balaban J connectivity index is 1.32. The Morgan fingerprint density at radius 3 is 1.74 bits per heavy atom. The van der Waals surface area contributed by atoms with Crippen molar-refractivity contribution in [3.8, 4) is 22.8 Å². The first-order valence-corrected chi connectivity index (χ1v) is 18.6. The van der Waals surface area contributed by atoms with E-state index in [0.717, 1.165) is 55.7 Å². The number of aromatic nitrogens is 3. The van der Waals surface area contributed by atoms with Gasteiger partial charge < -0.3 is 8.98 Å². The van der Waals surface area contributed by atoms with Gasteiger partial charge in [-0.1, -0.05) is 108 Å². The molecule has 4 nitrogen and oxygen atoms in total. The van der Waals surface area contributed by atoms with E-state index in [0.29, 0.717) is 0 Å². The molecule has 10 rings (SSSR count). The average Bonchev–Trinajstić information content (AvgIpc) is 3.81. The zero-order valence-electron chi connectivity index (χ0n) is 31.0. The summed E-state index contributed by atoms with van der Waals surface area (Å²) in [4.78, 5) is 5.46. The maximum Gasteiger partial charge on any atom is 0.138 e. The van der Waals surface area contributed by atoms with Crippen LogP contribution >= 0.6 is 0 Å². The highest BCUT2D eigenvalue weighted by Gasteiger charge is 2.25. The van der Waals surface area contributed by atoms with Gasteiger partial charge in [-0.15, -0.1) is 0 Å². The zero-order valence-corrected chi connectivity index (χ0v) is 31.0. The van der Waals surface area contributed by atoms with Crippen molar-refractivity contribution in [2.45, 2.75) is 52.4 Å². The summed E-state index contributed by atoms with van der Waals surface area (Å²) in [6, 6.07) is 50.5. The number of hydrogen-bond acceptors (Lipinski definition) is 2. The standard InChI is InChI=1S/C49H41N3O/c1-48(2,3)31-20-24-41-37(28-31)35-22-23-36-38-29-32(49(4,5)6)21-25-42(38)52(47(36)46(35)51(41)33-13-8-7-9-14-33)45-18-12-16-40(50-45)30-19-26-44-39(27-30)34-15-10-11-17-43(34)53-44/h7-29H,1-6H3. The Kier molecular flexibility index (Phi) is 6.67. The van der Waals surface area contributed by atoms with Crippen LogP contribution in [0, 0.1) is 0 Å². The Morgan fingerprint density at radius 2 is 1.06 bits per heavy atom. The van der Waals surface area contributed by atoms with E-state index in [4.69, 9.17) is 9.40 Å². The fourth-order valence-corrected chi connectivity index (χ4v) is 8.21. The molecule has 53 heavy (non-hydrogen) atoms. The molecule has 10 aromatic rings. The summed E-state index contributed by atoms with van der Waals surface area (Å²) in [5.74, 6) is 0.885. The van der Waals surface area contributed by atoms with Crippen LogP contribution in [0.25, 0.3) is 88.3 Å². The third-order valence-corrected chi connectivity index (χ3v) is 11.0. The number of pyridine rings is 1. The van der Waals surface area contributed by atoms with Gasteiger partial charge in [0, 0.05) is 43.6 Å². The van der Waals surface area contributed by atoms with E-state index in [-0.39, 0.29) is 10.8 Å². The molecule has 0 atom stereocenters. The van der Waals surface area contributed by atoms with Crippen LogP contribution in [0.3, 0.4) is 0 Å². The fourth-order valence-electron chi connectivity index (χ4n) is 8.21. The number of fused-ring (bicyclic) bond motifs is 10. The highest BCUT2D eigenvalue weighted by atomic mass is 16.3. The van der Waals surface area contributed by atoms with Crippen molar-refractivity contribution in [3.05, 3.63) is 151 Å². The molecule has 0 bridgehead atoms. The number of nitrogens with zero attached hydrogens (tertiary/aromatic N) is 3. The lowest BCUT2D eigenvalue weighted by Gasteiger charge is -2.19. The highest BCUT2D eigenvalue weighted by Crippen LogP contribution is 2.43. The van der Waals surface area contributed by atoms with Crippen LogP contribution in [-0.4, -0.2) is 14.1 Å². The van der Waals surface area contributed by atoms with Crippen LogP contribution in [0.15, 0.2) is 144 Å². The molecule has 4 aromatic heterocycles. The van der Waals surface area contributed by atoms with Gasteiger partial charge in [0.05, 0.1) is 27.8 Å². The van der Waals surface area contributed by atoms with Crippen LogP contribution in [0.5, 0.6) is 0 Å². The maximum atomic E-state index is 6.17. The van der Waals surface area contributed by atoms with Crippen molar-refractivity contribution >= 4 is 65.6 Å². The Labute approximate surface area is 308 Å². The Morgan fingerprint density at radius 1 is 0.453 bits per heavy atom. The molecule has 0 N–H and O–H groups in total. The Hall–Kier alpha value is -6.13. The summed E-state index contributed by atoms with van der Waals surface area (Å²) in [6.45, 7) is 13.7. The van der Waals surface area contributed by atoms with Gasteiger partial charge in [0.15, 0.2) is 0 Å². The van der Waals surface area contributed by atoms with E-state index in [1.54, 1.807) is 0 Å². The maximum absolute atomic E-state index is 6.17. The second kappa shape index (κ2) is 11.2. The molecule has 0 aliphatic carbocycles. The summed E-state index contributed by atoms with van der Waals surface area (Å²) in [5.41, 5.74) is 12.2. The predicted octanol–water partition coefficient (Wildman–Crippen LogP) is 13.4. The first kappa shape index (κ1) is 31.6. The van der Waals surface area contributed by atoms with Crippen molar-refractivity contribution in [2.24, 2.45) is 0 Å². The van der Waals surface area contributed by atoms with Crippen LogP contribution in [0.4, 0.5) is 0 Å². The molecule has 0 saturated heterocycles. The molecule has 258 valence electrons. The van der Waals surface area contributed by atoms with Gasteiger partial charge >= 0.3 is 0 Å². The lowest BCUT2D eigenvalue weighted by molar-refractivity contribution is 0.591. The molecular formula is C49H41N3O. The summed E-state index contributed by atoms with van der Waals surface area (Å²) < 4.78 is 11.0. The largest absolute Gasteiger partial charge is 0.456 e. The van der Waals surface area contributed by atoms with Gasteiger partial charge in [-0.05, 0) is 94.8 Å². The number of hydrogen-bond donors (Lipinski definition) is 0. The molecular weight excluding hydrogens is 647 g/mol. The first-order valence-electron chi connectivity index (χ1n) is 18.6. The second-order valence-corrected chi connectivity index (χ2v) is 16.5. The Bertz CT molecular complexity index is 3070. The van der Waals surface area contributed by atoms with Gasteiger partial charge in [-0.2, -0.15) is 0 Å². The molecule has 0 saturated carbocycles. The molecule has 0 unspecified atom stereocenters. The quantitative estimate of drug-likeness (QED) is 0.185. The molecule has 4 heteroatoms. The smallest absolute Gasteiger partial charge is 0.138 e. The van der Waals surface area contributed by atoms with Gasteiger partial charge in [0.25, 0.3) is 0 Å². The second-order valence-electron chi connectivity index (χ2n) is 16.5. The summed E-state index contributed by atoms with van der Waals surface area (Å²) in [7, 11) is 0. The average molecular weight is 688 g/mol. The van der Waals surface area contributed by atoms with Crippen molar-refractivity contribution in [1.29, 1.82) is 0 Å². The van der Waals surface area contributed by atoms with Crippen molar-refractivity contribution in [2.75, 3.05) is 0 Å². The minimum atomic E-state index is 0.00305. The van der Waals surface area contributed by atoms with Crippen LogP contribution < -0.4 is 0 Å². The number of para-hydroxylation sites is 2. The minimum absolute atomic E-state index is 0.00305. The van der Waals surface area contributed by atoms with Crippen molar-refractivity contribution in [3.63, 3.8) is 0 Å². The van der Waals surface area contributed by atoms with E-state index in [9.17, 15) is 0 Å². The fraction of sp³-hybridized carbons (Fsp3) is 0.163. The molecule has 0 radical (unpaired) electrons. The monoisotopic (exact) mass is 687 g/mol. The number of rotatable bonds is 3. The normalized spacial score (nSPS) is 12.7. The van der Waals surface area contributed by atoms with Crippen LogP contribution in [0.1, 0.15) is 52.7 Å². The van der Waals surface area contributed by atoms with Gasteiger partial charge in [-0.3, -0.25) is 4.57 Å². The van der Waals surface area contributed by atoms with E-state index < -0.39 is 0 Å². The molecule has 0 aliphatic rings. The summed E-state index contributed by atoms with van der Waals surface area (Å²) >= 11 is 0. The lowest BCUT2D eigenvalue weighted by atomic mass is 9.86. The van der Waals surface area contributed by atoms with E-state index in [2.05, 4.69) is 178 Å². The van der Waals surface area contributed by atoms with Gasteiger partial charge in [0.2, 0.25) is 0 Å². The molecule has 0 spiro atoms. The number of benzene rings is 6. The van der Waals surface area contributed by atoms with Gasteiger partial charge in [-0.25, -0.2) is 4.98 Å². The minimum Gasteiger partial charge on any atom is -0.456 e. The van der Waals surface area contributed by atoms with E-state index in [1.807, 2.05) is 12.1 Å². The third-order valence-electron chi connectivity index (χ3n) is 11.0. The predicted molar refractivity (Wildman–Crippen MR) is 223 cm³/mol. The molecule has 0 amide bonds. The first-order chi connectivity index (χ1) is 25.5. The third kappa shape index (κ3) is 4.85.